The number of nitrogens with one attached hydrogen (secondary N) is 1. The summed E-state index contributed by atoms with van der Waals surface area (Å²) in [6, 6.07) is 24.2. The van der Waals surface area contributed by atoms with Crippen molar-refractivity contribution in [3.8, 4) is 5.75 Å². The molecule has 1 aromatic heterocycles. The molecule has 0 bridgehead atoms. The second-order valence-corrected chi connectivity index (χ2v) is 15.6. The number of rotatable bonds is 11. The SMILES string of the molecule is CO[C@H]1c2cc(NC(=O)c3ccccc3)ccc2O[C@@H](C(CCn2cc(C(CO)c3ccccc3)nn2)[Si](C)(C)F)[C@@H]1C. The molecule has 0 fully saturated rings. The minimum atomic E-state index is -3.22. The van der Waals surface area contributed by atoms with Crippen LogP contribution in [0.2, 0.25) is 18.6 Å². The van der Waals surface area contributed by atoms with Crippen LogP contribution < -0.4 is 10.1 Å². The number of hydrogen-bond acceptors (Lipinski definition) is 6. The second kappa shape index (κ2) is 13.2. The summed E-state index contributed by atoms with van der Waals surface area (Å²) in [5.74, 6) is 0.00869. The van der Waals surface area contributed by atoms with Crippen LogP contribution in [-0.4, -0.2) is 54.2 Å². The summed E-state index contributed by atoms with van der Waals surface area (Å²) in [6.45, 7) is 5.85. The van der Waals surface area contributed by atoms with Gasteiger partial charge in [-0.1, -0.05) is 60.7 Å². The van der Waals surface area contributed by atoms with E-state index in [9.17, 15) is 9.90 Å². The predicted molar refractivity (Wildman–Crippen MR) is 167 cm³/mol. The van der Waals surface area contributed by atoms with E-state index in [1.807, 2.05) is 73.8 Å². The summed E-state index contributed by atoms with van der Waals surface area (Å²) >= 11 is 0. The number of benzene rings is 3. The number of aryl methyl sites for hydroxylation is 1. The zero-order valence-corrected chi connectivity index (χ0v) is 26.0. The van der Waals surface area contributed by atoms with Gasteiger partial charge < -0.3 is 24.0 Å². The van der Waals surface area contributed by atoms with E-state index in [-0.39, 0.29) is 36.0 Å². The number of carbonyl (C=O) groups is 1. The summed E-state index contributed by atoms with van der Waals surface area (Å²) in [6.07, 6.45) is 1.60. The molecule has 5 atom stereocenters. The molecule has 0 aliphatic carbocycles. The molecule has 8 nitrogen and oxygen atoms in total. The Morgan fingerprint density at radius 3 is 2.47 bits per heavy atom. The van der Waals surface area contributed by atoms with Crippen molar-refractivity contribution in [2.75, 3.05) is 19.0 Å². The second-order valence-electron chi connectivity index (χ2n) is 11.7. The van der Waals surface area contributed by atoms with Crippen LogP contribution >= 0.6 is 0 Å². The highest BCUT2D eigenvalue weighted by Crippen LogP contribution is 2.48. The number of ether oxygens (including phenoxy) is 2. The van der Waals surface area contributed by atoms with Gasteiger partial charge >= 0.3 is 0 Å². The summed E-state index contributed by atoms with van der Waals surface area (Å²) in [5.41, 5.74) is 3.32. The lowest BCUT2D eigenvalue weighted by Gasteiger charge is -2.43. The van der Waals surface area contributed by atoms with E-state index in [2.05, 4.69) is 15.6 Å². The Hall–Kier alpha value is -3.86. The van der Waals surface area contributed by atoms with Crippen LogP contribution in [0.4, 0.5) is 9.80 Å². The van der Waals surface area contributed by atoms with Crippen molar-refractivity contribution in [1.29, 1.82) is 0 Å². The summed E-state index contributed by atoms with van der Waals surface area (Å²) in [4.78, 5) is 12.7. The molecule has 1 amide bonds. The van der Waals surface area contributed by atoms with Crippen molar-refractivity contribution < 1.29 is 23.5 Å². The fraction of sp³-hybridized carbons (Fsp3) is 0.364. The maximum absolute atomic E-state index is 16.0. The lowest BCUT2D eigenvalue weighted by molar-refractivity contribution is -0.0242. The van der Waals surface area contributed by atoms with Crippen LogP contribution in [0.15, 0.2) is 85.1 Å². The lowest BCUT2D eigenvalue weighted by atomic mass is 9.86. The number of aromatic nitrogens is 3. The van der Waals surface area contributed by atoms with Crippen molar-refractivity contribution >= 4 is 20.0 Å². The summed E-state index contributed by atoms with van der Waals surface area (Å²) in [7, 11) is -1.57. The number of carbonyl (C=O) groups excluding carboxylic acids is 1. The lowest BCUT2D eigenvalue weighted by Crippen LogP contribution is -2.46. The van der Waals surface area contributed by atoms with E-state index in [0.717, 1.165) is 11.1 Å². The molecule has 2 unspecified atom stereocenters. The number of fused-ring (bicyclic) bond motifs is 1. The molecule has 1 aliphatic heterocycles. The van der Waals surface area contributed by atoms with E-state index >= 15 is 4.11 Å². The van der Waals surface area contributed by atoms with Crippen LogP contribution in [0.5, 0.6) is 5.75 Å². The Morgan fingerprint density at radius 1 is 1.12 bits per heavy atom. The number of amides is 1. The van der Waals surface area contributed by atoms with Crippen molar-refractivity contribution in [2.24, 2.45) is 5.92 Å². The molecule has 0 saturated carbocycles. The topological polar surface area (TPSA) is 98.5 Å². The molecule has 4 aromatic rings. The number of aliphatic hydroxyl groups excluding tert-OH is 1. The maximum Gasteiger partial charge on any atom is 0.255 e. The molecule has 0 saturated heterocycles. The minimum absolute atomic E-state index is 0.0847. The maximum atomic E-state index is 16.0. The monoisotopic (exact) mass is 602 g/mol. The normalized spacial score (nSPS) is 19.6. The third-order valence-corrected chi connectivity index (χ3v) is 10.7. The van der Waals surface area contributed by atoms with Gasteiger partial charge in [-0.2, -0.15) is 0 Å². The molecule has 43 heavy (non-hydrogen) atoms. The molecular weight excluding hydrogens is 563 g/mol. The Labute approximate surface area is 253 Å². The highest BCUT2D eigenvalue weighted by Gasteiger charge is 2.47. The van der Waals surface area contributed by atoms with Gasteiger partial charge in [-0.15, -0.1) is 5.10 Å². The highest BCUT2D eigenvalue weighted by atomic mass is 28.4. The van der Waals surface area contributed by atoms with E-state index in [0.29, 0.717) is 35.7 Å². The van der Waals surface area contributed by atoms with E-state index in [4.69, 9.17) is 9.47 Å². The first-order chi connectivity index (χ1) is 20.7. The number of aliphatic hydroxyl groups is 1. The third-order valence-electron chi connectivity index (χ3n) is 8.37. The van der Waals surface area contributed by atoms with Crippen LogP contribution in [-0.2, 0) is 11.3 Å². The van der Waals surface area contributed by atoms with Gasteiger partial charge in [-0.25, -0.2) is 0 Å². The first kappa shape index (κ1) is 30.6. The van der Waals surface area contributed by atoms with Gasteiger partial charge in [0.25, 0.3) is 5.91 Å². The van der Waals surface area contributed by atoms with Gasteiger partial charge in [0.05, 0.1) is 24.3 Å². The number of nitrogens with zero attached hydrogens (tertiary/aromatic N) is 3. The Morgan fingerprint density at radius 2 is 1.81 bits per heavy atom. The first-order valence-corrected chi connectivity index (χ1v) is 17.6. The fourth-order valence-corrected chi connectivity index (χ4v) is 8.02. The number of methoxy groups -OCH3 is 1. The fourth-order valence-electron chi connectivity index (χ4n) is 6.06. The van der Waals surface area contributed by atoms with Crippen molar-refractivity contribution in [1.82, 2.24) is 15.0 Å². The average molecular weight is 603 g/mol. The van der Waals surface area contributed by atoms with Crippen LogP contribution in [0, 0.1) is 5.92 Å². The minimum Gasteiger partial charge on any atom is -0.490 e. The zero-order valence-electron chi connectivity index (χ0n) is 25.0. The molecule has 5 rings (SSSR count). The molecule has 2 heterocycles. The van der Waals surface area contributed by atoms with E-state index in [1.165, 1.54) is 0 Å². The Bertz CT molecular complexity index is 1510. The van der Waals surface area contributed by atoms with Gasteiger partial charge in [-0.3, -0.25) is 9.48 Å². The van der Waals surface area contributed by atoms with Gasteiger partial charge in [0.2, 0.25) is 8.41 Å². The number of halogens is 1. The average Bonchev–Trinajstić information content (AvgIpc) is 3.47. The van der Waals surface area contributed by atoms with Crippen LogP contribution in [0.1, 0.15) is 52.5 Å². The molecular formula is C33H39FN4O4Si. The zero-order chi connectivity index (χ0) is 30.6. The highest BCUT2D eigenvalue weighted by molar-refractivity contribution is 6.72. The van der Waals surface area contributed by atoms with E-state index in [1.54, 1.807) is 43.1 Å². The van der Waals surface area contributed by atoms with Gasteiger partial charge in [0.1, 0.15) is 11.9 Å². The molecule has 1 aliphatic rings. The van der Waals surface area contributed by atoms with Crippen LogP contribution in [0.3, 0.4) is 0 Å². The van der Waals surface area contributed by atoms with Gasteiger partial charge in [0, 0.05) is 48.1 Å². The van der Waals surface area contributed by atoms with Gasteiger partial charge in [0.15, 0.2) is 0 Å². The van der Waals surface area contributed by atoms with E-state index < -0.39 is 14.5 Å². The Balaban J connectivity index is 1.33. The summed E-state index contributed by atoms with van der Waals surface area (Å²) in [5, 5.41) is 21.6. The Kier molecular flexibility index (Phi) is 9.39. The molecule has 226 valence electrons. The van der Waals surface area contributed by atoms with Crippen molar-refractivity contribution in [3.63, 3.8) is 0 Å². The molecule has 3 aromatic carbocycles. The smallest absolute Gasteiger partial charge is 0.255 e. The molecule has 0 radical (unpaired) electrons. The number of anilines is 1. The molecule has 0 spiro atoms. The first-order valence-electron chi connectivity index (χ1n) is 14.6. The molecule has 2 N–H and O–H groups in total. The van der Waals surface area contributed by atoms with Crippen LogP contribution in [0.25, 0.3) is 0 Å². The number of hydrogen-bond donors (Lipinski definition) is 2. The third kappa shape index (κ3) is 6.87. The van der Waals surface area contributed by atoms with Crippen molar-refractivity contribution in [3.05, 3.63) is 107 Å². The molecule has 10 heteroatoms. The quantitative estimate of drug-likeness (QED) is 0.153. The standard InChI is InChI=1S/C33H39FN4O4Si/c1-22-31(41-2)26-19-25(35-33(40)24-13-9-6-10-14-24)15-16-29(26)42-32(22)30(43(3,4)34)17-18-38-20-28(36-37-38)27(21-39)23-11-7-5-8-12-23/h5-16,19-20,22,27,30-32,39H,17-18,21H2,1-4H3,(H,35,40)/t22-,27?,30?,31-,32-/m1/s1. The predicted octanol–water partition coefficient (Wildman–Crippen LogP) is 6.37. The van der Waals surface area contributed by atoms with Crippen molar-refractivity contribution in [2.45, 2.75) is 56.7 Å². The van der Waals surface area contributed by atoms with Gasteiger partial charge in [-0.05, 0) is 55.4 Å². The summed E-state index contributed by atoms with van der Waals surface area (Å²) < 4.78 is 30.2. The largest absolute Gasteiger partial charge is 0.490 e.